The zero-order chi connectivity index (χ0) is 18.3. The van der Waals surface area contributed by atoms with Crippen molar-refractivity contribution < 1.29 is 30.8 Å². The Morgan fingerprint density at radius 1 is 1.00 bits per heavy atom. The average molecular weight is 554 g/mol. The summed E-state index contributed by atoms with van der Waals surface area (Å²) in [5, 5.41) is 2.80. The van der Waals surface area contributed by atoms with Crippen LogP contribution in [0.15, 0.2) is 79.1 Å². The lowest BCUT2D eigenvalue weighted by atomic mass is 10.1. The fourth-order valence-electron chi connectivity index (χ4n) is 2.88. The summed E-state index contributed by atoms with van der Waals surface area (Å²) in [7, 11) is 0. The Kier molecular flexibility index (Phi) is 5.93. The minimum Gasteiger partial charge on any atom is -1.00 e. The highest BCUT2D eigenvalue weighted by Gasteiger charge is 2.19. The van der Waals surface area contributed by atoms with E-state index >= 15 is 0 Å². The van der Waals surface area contributed by atoms with E-state index in [2.05, 4.69) is 31.9 Å². The predicted octanol–water partition coefficient (Wildman–Crippen LogP) is 1.65. The number of fused-ring (bicyclic) bond motifs is 2. The number of carbonyl (C=O) groups is 1. The Hall–Kier alpha value is -1.83. The number of halogens is 3. The molecule has 0 radical (unpaired) electrons. The second-order valence-corrected chi connectivity index (χ2v) is 7.69. The molecule has 4 nitrogen and oxygen atoms in total. The number of Topliss-reactive ketones (excluding diaryl/α,β-unsaturated/α-hetero) is 1. The van der Waals surface area contributed by atoms with Crippen LogP contribution in [0.2, 0.25) is 0 Å². The fraction of sp³-hybridized carbons (Fsp3) is 0.0500. The van der Waals surface area contributed by atoms with Crippen LogP contribution in [0, 0.1) is 0 Å². The van der Waals surface area contributed by atoms with Gasteiger partial charge in [-0.2, -0.15) is 4.57 Å². The fourth-order valence-corrected chi connectivity index (χ4v) is 4.22. The SMILES string of the molecule is O=C(C[n+]1ccc2ccccc2c1)c1cc2cc(Br)cc(Br)c2oc1=O.[Br-]. The number of benzene rings is 2. The number of pyridine rings is 1. The predicted molar refractivity (Wildman–Crippen MR) is 106 cm³/mol. The van der Waals surface area contributed by atoms with Crippen molar-refractivity contribution >= 4 is 59.4 Å². The summed E-state index contributed by atoms with van der Waals surface area (Å²) in [5.74, 6) is -0.294. The largest absolute Gasteiger partial charge is 1.00 e. The summed E-state index contributed by atoms with van der Waals surface area (Å²) in [4.78, 5) is 25.0. The maximum Gasteiger partial charge on any atom is 0.347 e. The first-order valence-electron chi connectivity index (χ1n) is 7.85. The third-order valence-corrected chi connectivity index (χ3v) is 5.17. The van der Waals surface area contributed by atoms with Crippen molar-refractivity contribution in [3.05, 3.63) is 85.9 Å². The van der Waals surface area contributed by atoms with Crippen molar-refractivity contribution in [3.8, 4) is 0 Å². The Bertz CT molecular complexity index is 1230. The number of hydrogen-bond donors (Lipinski definition) is 0. The molecular formula is C20H12Br3NO3. The van der Waals surface area contributed by atoms with Gasteiger partial charge in [-0.1, -0.05) is 34.1 Å². The van der Waals surface area contributed by atoms with Crippen molar-refractivity contribution in [2.24, 2.45) is 0 Å². The van der Waals surface area contributed by atoms with E-state index in [0.717, 1.165) is 15.2 Å². The molecule has 27 heavy (non-hydrogen) atoms. The average Bonchev–Trinajstić information content (AvgIpc) is 2.61. The summed E-state index contributed by atoms with van der Waals surface area (Å²) in [6, 6.07) is 15.0. The highest BCUT2D eigenvalue weighted by Crippen LogP contribution is 2.28. The minimum atomic E-state index is -0.632. The van der Waals surface area contributed by atoms with E-state index in [9.17, 15) is 9.59 Å². The molecule has 0 bridgehead atoms. The molecule has 136 valence electrons. The van der Waals surface area contributed by atoms with Crippen LogP contribution in [-0.4, -0.2) is 5.78 Å². The number of aromatic nitrogens is 1. The molecule has 4 aromatic rings. The molecule has 0 aliphatic heterocycles. The molecule has 2 aromatic heterocycles. The van der Waals surface area contributed by atoms with E-state index in [1.54, 1.807) is 16.7 Å². The summed E-state index contributed by atoms with van der Waals surface area (Å²) >= 11 is 6.77. The van der Waals surface area contributed by atoms with E-state index in [4.69, 9.17) is 4.42 Å². The molecular weight excluding hydrogens is 542 g/mol. The van der Waals surface area contributed by atoms with Crippen LogP contribution < -0.4 is 27.2 Å². The molecule has 2 aromatic carbocycles. The molecule has 0 spiro atoms. The van der Waals surface area contributed by atoms with Crippen LogP contribution in [0.4, 0.5) is 0 Å². The molecule has 0 N–H and O–H groups in total. The number of rotatable bonds is 3. The zero-order valence-corrected chi connectivity index (χ0v) is 18.5. The van der Waals surface area contributed by atoms with Crippen LogP contribution >= 0.6 is 31.9 Å². The van der Waals surface area contributed by atoms with Crippen molar-refractivity contribution in [1.82, 2.24) is 0 Å². The standard InChI is InChI=1S/C20H12Br2NO3.BrH/c21-15-7-14-8-16(20(25)26-19(14)17(22)9-15)18(24)11-23-6-5-12-3-1-2-4-13(12)10-23;/h1-10H,11H2;1H/q+1;/p-1. The molecule has 0 amide bonds. The molecule has 0 aliphatic rings. The molecule has 0 fully saturated rings. The van der Waals surface area contributed by atoms with E-state index < -0.39 is 5.63 Å². The first kappa shape index (κ1) is 19.9. The van der Waals surface area contributed by atoms with Crippen LogP contribution in [0.5, 0.6) is 0 Å². The van der Waals surface area contributed by atoms with E-state index in [1.807, 2.05) is 48.8 Å². The van der Waals surface area contributed by atoms with Crippen molar-refractivity contribution in [1.29, 1.82) is 0 Å². The topological polar surface area (TPSA) is 51.2 Å². The van der Waals surface area contributed by atoms with Gasteiger partial charge in [-0.25, -0.2) is 4.79 Å². The molecule has 0 unspecified atom stereocenters. The van der Waals surface area contributed by atoms with Gasteiger partial charge >= 0.3 is 5.63 Å². The van der Waals surface area contributed by atoms with E-state index in [-0.39, 0.29) is 34.9 Å². The third-order valence-electron chi connectivity index (χ3n) is 4.12. The zero-order valence-electron chi connectivity index (χ0n) is 13.8. The van der Waals surface area contributed by atoms with Crippen molar-refractivity contribution in [3.63, 3.8) is 0 Å². The van der Waals surface area contributed by atoms with Gasteiger partial charge in [0.05, 0.1) is 4.47 Å². The summed E-state index contributed by atoms with van der Waals surface area (Å²) in [5.41, 5.74) is -0.164. The second kappa shape index (κ2) is 8.04. The highest BCUT2D eigenvalue weighted by atomic mass is 79.9. The monoisotopic (exact) mass is 551 g/mol. The highest BCUT2D eigenvalue weighted by molar-refractivity contribution is 9.11. The van der Waals surface area contributed by atoms with Crippen LogP contribution in [0.25, 0.3) is 21.7 Å². The smallest absolute Gasteiger partial charge is 0.347 e. The van der Waals surface area contributed by atoms with Gasteiger partial charge in [0.1, 0.15) is 5.56 Å². The van der Waals surface area contributed by atoms with Crippen molar-refractivity contribution in [2.45, 2.75) is 6.54 Å². The Morgan fingerprint density at radius 3 is 2.52 bits per heavy atom. The second-order valence-electron chi connectivity index (χ2n) is 5.92. The first-order chi connectivity index (χ1) is 12.5. The van der Waals surface area contributed by atoms with Crippen LogP contribution in [0.1, 0.15) is 10.4 Å². The Morgan fingerprint density at radius 2 is 1.74 bits per heavy atom. The number of hydrogen-bond acceptors (Lipinski definition) is 3. The Balaban J connectivity index is 0.00000210. The molecule has 0 saturated heterocycles. The van der Waals surface area contributed by atoms with Gasteiger partial charge in [0, 0.05) is 21.3 Å². The van der Waals surface area contributed by atoms with Gasteiger partial charge < -0.3 is 21.4 Å². The Labute approximate surface area is 181 Å². The number of carbonyl (C=O) groups excluding carboxylic acids is 1. The lowest BCUT2D eigenvalue weighted by Gasteiger charge is -2.03. The van der Waals surface area contributed by atoms with Crippen LogP contribution in [0.3, 0.4) is 0 Å². The van der Waals surface area contributed by atoms with Gasteiger partial charge in [0.15, 0.2) is 18.0 Å². The van der Waals surface area contributed by atoms with Gasteiger partial charge in [0.2, 0.25) is 12.3 Å². The van der Waals surface area contributed by atoms with E-state index in [1.165, 1.54) is 0 Å². The van der Waals surface area contributed by atoms with E-state index in [0.29, 0.717) is 15.4 Å². The molecule has 0 atom stereocenters. The maximum atomic E-state index is 12.7. The summed E-state index contributed by atoms with van der Waals surface area (Å²) in [6.07, 6.45) is 3.72. The molecule has 0 aliphatic carbocycles. The minimum absolute atomic E-state index is 0. The number of ketones is 1. The van der Waals surface area contributed by atoms with Gasteiger partial charge in [-0.3, -0.25) is 4.79 Å². The lowest BCUT2D eigenvalue weighted by Crippen LogP contribution is -3.00. The van der Waals surface area contributed by atoms with Gasteiger partial charge in [-0.15, -0.1) is 0 Å². The number of nitrogens with zero attached hydrogens (tertiary/aromatic N) is 1. The molecule has 7 heteroatoms. The molecule has 4 rings (SSSR count). The summed E-state index contributed by atoms with van der Waals surface area (Å²) < 4.78 is 8.60. The first-order valence-corrected chi connectivity index (χ1v) is 9.44. The van der Waals surface area contributed by atoms with Gasteiger partial charge in [0.25, 0.3) is 0 Å². The molecule has 2 heterocycles. The molecule has 0 saturated carbocycles. The maximum absolute atomic E-state index is 12.7. The lowest BCUT2D eigenvalue weighted by molar-refractivity contribution is -0.681. The van der Waals surface area contributed by atoms with Crippen LogP contribution in [-0.2, 0) is 6.54 Å². The van der Waals surface area contributed by atoms with Gasteiger partial charge in [-0.05, 0) is 45.6 Å². The normalized spacial score (nSPS) is 10.7. The third kappa shape index (κ3) is 4.05. The summed E-state index contributed by atoms with van der Waals surface area (Å²) in [6.45, 7) is 0.0657. The quantitative estimate of drug-likeness (QED) is 0.220. The van der Waals surface area contributed by atoms with Crippen molar-refractivity contribution in [2.75, 3.05) is 0 Å².